The van der Waals surface area contributed by atoms with E-state index in [-0.39, 0.29) is 22.6 Å². The molecule has 0 fully saturated rings. The number of phenolic OH excluding ortho intramolecular Hbond substituents is 1. The molecule has 0 aliphatic rings. The number of phenols is 1. The number of para-hydroxylation sites is 1. The van der Waals surface area contributed by atoms with Gasteiger partial charge in [0.15, 0.2) is 5.78 Å². The zero-order valence-corrected chi connectivity index (χ0v) is 11.0. The van der Waals surface area contributed by atoms with Gasteiger partial charge in [-0.05, 0) is 30.4 Å². The molecule has 4 heteroatoms. The topological polar surface area (TPSA) is 57.5 Å². The third kappa shape index (κ3) is 3.79. The molecule has 0 radical (unpaired) electrons. The van der Waals surface area contributed by atoms with Gasteiger partial charge in [0.25, 0.3) is 0 Å². The molecule has 0 amide bonds. The van der Waals surface area contributed by atoms with E-state index in [1.54, 1.807) is 24.3 Å². The fraction of sp³-hybridized carbons (Fsp3) is 0. The van der Waals surface area contributed by atoms with Gasteiger partial charge in [0.2, 0.25) is 0 Å². The Morgan fingerprint density at radius 3 is 2.43 bits per heavy atom. The Hall–Kier alpha value is -2.88. The van der Waals surface area contributed by atoms with E-state index < -0.39 is 11.6 Å². The quantitative estimate of drug-likeness (QED) is 0.664. The van der Waals surface area contributed by atoms with Crippen molar-refractivity contribution in [3.8, 4) is 5.75 Å². The van der Waals surface area contributed by atoms with Gasteiger partial charge in [-0.1, -0.05) is 30.3 Å². The second-order valence-electron chi connectivity index (χ2n) is 4.30. The zero-order valence-electron chi connectivity index (χ0n) is 11.0. The van der Waals surface area contributed by atoms with Crippen molar-refractivity contribution >= 4 is 17.6 Å². The van der Waals surface area contributed by atoms with Gasteiger partial charge in [-0.2, -0.15) is 0 Å². The van der Waals surface area contributed by atoms with E-state index in [1.165, 1.54) is 30.3 Å². The molecule has 0 heterocycles. The van der Waals surface area contributed by atoms with Crippen LogP contribution in [-0.4, -0.2) is 16.0 Å². The summed E-state index contributed by atoms with van der Waals surface area (Å²) in [7, 11) is 0. The lowest BCUT2D eigenvalue weighted by Crippen LogP contribution is -1.91. The predicted molar refractivity (Wildman–Crippen MR) is 79.2 cm³/mol. The Balaban J connectivity index is 2.16. The standard InChI is InChI=1S/C17H13FO3/c18-15-7-3-1-5-12(15)9-10-13(19)11-17(21)14-6-2-4-8-16(14)20/h1-11,20-21H/b10-9+,17-11-. The van der Waals surface area contributed by atoms with Gasteiger partial charge in [0.05, 0.1) is 5.56 Å². The van der Waals surface area contributed by atoms with E-state index in [2.05, 4.69) is 0 Å². The Morgan fingerprint density at radius 1 is 1.05 bits per heavy atom. The summed E-state index contributed by atoms with van der Waals surface area (Å²) in [5.41, 5.74) is 0.437. The van der Waals surface area contributed by atoms with Crippen molar-refractivity contribution in [3.05, 3.63) is 77.6 Å². The lowest BCUT2D eigenvalue weighted by Gasteiger charge is -2.01. The van der Waals surface area contributed by atoms with Crippen LogP contribution in [0.15, 0.2) is 60.7 Å². The highest BCUT2D eigenvalue weighted by Gasteiger charge is 2.06. The fourth-order valence-corrected chi connectivity index (χ4v) is 1.73. The SMILES string of the molecule is O=C(/C=C(\O)c1ccccc1O)/C=C/c1ccccc1F. The van der Waals surface area contributed by atoms with E-state index in [9.17, 15) is 19.4 Å². The molecule has 0 unspecified atom stereocenters. The van der Waals surface area contributed by atoms with Crippen LogP contribution in [0.25, 0.3) is 11.8 Å². The molecule has 21 heavy (non-hydrogen) atoms. The van der Waals surface area contributed by atoms with Gasteiger partial charge < -0.3 is 10.2 Å². The number of benzene rings is 2. The minimum atomic E-state index is -0.515. The lowest BCUT2D eigenvalue weighted by molar-refractivity contribution is -0.110. The van der Waals surface area contributed by atoms with E-state index in [4.69, 9.17) is 0 Å². The van der Waals surface area contributed by atoms with Crippen molar-refractivity contribution < 1.29 is 19.4 Å². The Labute approximate surface area is 121 Å². The summed E-state index contributed by atoms with van der Waals surface area (Å²) in [6.07, 6.45) is 3.44. The monoisotopic (exact) mass is 284 g/mol. The van der Waals surface area contributed by atoms with Crippen molar-refractivity contribution in [2.75, 3.05) is 0 Å². The van der Waals surface area contributed by atoms with Gasteiger partial charge in [-0.3, -0.25) is 4.79 Å². The van der Waals surface area contributed by atoms with Crippen molar-refractivity contribution in [1.29, 1.82) is 0 Å². The molecule has 2 aromatic carbocycles. The molecular formula is C17H13FO3. The summed E-state index contributed by atoms with van der Waals surface area (Å²) in [6, 6.07) is 12.1. The fourth-order valence-electron chi connectivity index (χ4n) is 1.73. The number of aliphatic hydroxyl groups excluding tert-OH is 1. The first kappa shape index (κ1) is 14.5. The molecule has 0 aromatic heterocycles. The number of aromatic hydroxyl groups is 1. The van der Waals surface area contributed by atoms with Crippen molar-refractivity contribution in [2.24, 2.45) is 0 Å². The highest BCUT2D eigenvalue weighted by molar-refractivity contribution is 6.05. The molecule has 2 rings (SSSR count). The van der Waals surface area contributed by atoms with E-state index in [1.807, 2.05) is 0 Å². The van der Waals surface area contributed by atoms with Gasteiger partial charge >= 0.3 is 0 Å². The number of hydrogen-bond donors (Lipinski definition) is 2. The highest BCUT2D eigenvalue weighted by atomic mass is 19.1. The average molecular weight is 284 g/mol. The number of halogens is 1. The molecule has 0 aliphatic carbocycles. The number of aliphatic hydroxyl groups is 1. The lowest BCUT2D eigenvalue weighted by atomic mass is 10.1. The Kier molecular flexibility index (Phi) is 4.51. The molecule has 0 atom stereocenters. The van der Waals surface area contributed by atoms with Crippen LogP contribution in [0, 0.1) is 5.82 Å². The zero-order chi connectivity index (χ0) is 15.2. The summed E-state index contributed by atoms with van der Waals surface area (Å²) in [4.78, 5) is 11.7. The number of hydrogen-bond acceptors (Lipinski definition) is 3. The maximum absolute atomic E-state index is 13.4. The number of carbonyl (C=O) groups is 1. The van der Waals surface area contributed by atoms with Crippen LogP contribution in [0.5, 0.6) is 5.75 Å². The third-order valence-electron chi connectivity index (χ3n) is 2.79. The third-order valence-corrected chi connectivity index (χ3v) is 2.79. The first-order valence-electron chi connectivity index (χ1n) is 6.23. The van der Waals surface area contributed by atoms with Gasteiger partial charge in [0, 0.05) is 11.6 Å². The van der Waals surface area contributed by atoms with E-state index in [0.29, 0.717) is 0 Å². The molecule has 0 spiro atoms. The first-order chi connectivity index (χ1) is 10.1. The molecule has 0 bridgehead atoms. The second-order valence-corrected chi connectivity index (χ2v) is 4.30. The van der Waals surface area contributed by atoms with Crippen LogP contribution in [-0.2, 0) is 4.79 Å². The number of rotatable bonds is 4. The molecule has 106 valence electrons. The van der Waals surface area contributed by atoms with Gasteiger partial charge in [-0.25, -0.2) is 4.39 Å². The first-order valence-corrected chi connectivity index (χ1v) is 6.23. The maximum atomic E-state index is 13.4. The molecule has 2 N–H and O–H groups in total. The van der Waals surface area contributed by atoms with Crippen LogP contribution in [0.2, 0.25) is 0 Å². The van der Waals surface area contributed by atoms with Crippen molar-refractivity contribution in [1.82, 2.24) is 0 Å². The number of allylic oxidation sites excluding steroid dienone is 2. The predicted octanol–water partition coefficient (Wildman–Crippen LogP) is 3.71. The van der Waals surface area contributed by atoms with E-state index in [0.717, 1.165) is 12.2 Å². The van der Waals surface area contributed by atoms with Crippen LogP contribution in [0.4, 0.5) is 4.39 Å². The summed E-state index contributed by atoms with van der Waals surface area (Å²) >= 11 is 0. The normalized spacial score (nSPS) is 11.8. The summed E-state index contributed by atoms with van der Waals surface area (Å²) in [6.45, 7) is 0. The number of carbonyl (C=O) groups excluding carboxylic acids is 1. The molecule has 0 saturated heterocycles. The minimum absolute atomic E-state index is 0.128. The van der Waals surface area contributed by atoms with Crippen LogP contribution in [0.3, 0.4) is 0 Å². The van der Waals surface area contributed by atoms with Gasteiger partial charge in [0.1, 0.15) is 17.3 Å². The summed E-state index contributed by atoms with van der Waals surface area (Å²) in [5, 5.41) is 19.4. The second kappa shape index (κ2) is 6.52. The van der Waals surface area contributed by atoms with Crippen LogP contribution >= 0.6 is 0 Å². The van der Waals surface area contributed by atoms with Crippen molar-refractivity contribution in [2.45, 2.75) is 0 Å². The molecule has 2 aromatic rings. The Bertz CT molecular complexity index is 717. The van der Waals surface area contributed by atoms with E-state index >= 15 is 0 Å². The summed E-state index contributed by atoms with van der Waals surface area (Å²) < 4.78 is 13.4. The Morgan fingerprint density at radius 2 is 1.71 bits per heavy atom. The maximum Gasteiger partial charge on any atom is 0.182 e. The van der Waals surface area contributed by atoms with Crippen LogP contribution < -0.4 is 0 Å². The van der Waals surface area contributed by atoms with Crippen LogP contribution in [0.1, 0.15) is 11.1 Å². The molecule has 3 nitrogen and oxygen atoms in total. The number of ketones is 1. The largest absolute Gasteiger partial charge is 0.507 e. The van der Waals surface area contributed by atoms with Gasteiger partial charge in [-0.15, -0.1) is 0 Å². The molecular weight excluding hydrogens is 271 g/mol. The average Bonchev–Trinajstić information content (AvgIpc) is 2.46. The molecule has 0 aliphatic heterocycles. The highest BCUT2D eigenvalue weighted by Crippen LogP contribution is 2.22. The summed E-state index contributed by atoms with van der Waals surface area (Å²) in [5.74, 6) is -1.43. The molecule has 0 saturated carbocycles. The van der Waals surface area contributed by atoms with Crippen molar-refractivity contribution in [3.63, 3.8) is 0 Å². The minimum Gasteiger partial charge on any atom is -0.507 e. The smallest absolute Gasteiger partial charge is 0.182 e.